The molecule has 0 saturated carbocycles. The molecule has 0 bridgehead atoms. The second-order valence-corrected chi connectivity index (χ2v) is 6.80. The molecule has 1 aromatic carbocycles. The van der Waals surface area contributed by atoms with E-state index in [4.69, 9.17) is 11.6 Å². The predicted molar refractivity (Wildman–Crippen MR) is 95.5 cm³/mol. The highest BCUT2D eigenvalue weighted by Gasteiger charge is 2.36. The van der Waals surface area contributed by atoms with Crippen LogP contribution in [-0.2, 0) is 11.0 Å². The van der Waals surface area contributed by atoms with Crippen LogP contribution in [0.25, 0.3) is 0 Å². The van der Waals surface area contributed by atoms with Gasteiger partial charge in [0.25, 0.3) is 0 Å². The SMILES string of the molecule is O=C1NC[C@@H](C(=O)NC(c2ccc(OC(F)(F)F)c(Cl)c2)c2ccnc(C(F)(F)F)n2)N1. The van der Waals surface area contributed by atoms with E-state index in [-0.39, 0.29) is 17.8 Å². The Morgan fingerprint density at radius 1 is 1.22 bits per heavy atom. The summed E-state index contributed by atoms with van der Waals surface area (Å²) in [6.07, 6.45) is -9.11. The Morgan fingerprint density at radius 3 is 2.50 bits per heavy atom. The van der Waals surface area contributed by atoms with Gasteiger partial charge in [0, 0.05) is 12.7 Å². The largest absolute Gasteiger partial charge is 0.573 e. The summed E-state index contributed by atoms with van der Waals surface area (Å²) in [5.74, 6) is -3.03. The fourth-order valence-corrected chi connectivity index (χ4v) is 2.99. The number of alkyl halides is 6. The summed E-state index contributed by atoms with van der Waals surface area (Å²) < 4.78 is 80.3. The molecule has 1 aliphatic rings. The van der Waals surface area contributed by atoms with Crippen LogP contribution in [0.3, 0.4) is 0 Å². The smallest absolute Gasteiger partial charge is 0.404 e. The summed E-state index contributed by atoms with van der Waals surface area (Å²) in [6, 6.07) is 0.931. The van der Waals surface area contributed by atoms with Gasteiger partial charge in [0.2, 0.25) is 11.7 Å². The van der Waals surface area contributed by atoms with E-state index in [2.05, 4.69) is 30.7 Å². The van der Waals surface area contributed by atoms with Gasteiger partial charge in [0.05, 0.1) is 16.8 Å². The first-order chi connectivity index (χ1) is 14.8. The number of amides is 3. The number of hydrogen-bond acceptors (Lipinski definition) is 5. The number of hydrogen-bond donors (Lipinski definition) is 3. The van der Waals surface area contributed by atoms with Crippen LogP contribution in [0.2, 0.25) is 5.02 Å². The maximum absolute atomic E-state index is 13.0. The number of urea groups is 1. The van der Waals surface area contributed by atoms with Gasteiger partial charge < -0.3 is 20.7 Å². The summed E-state index contributed by atoms with van der Waals surface area (Å²) in [6.45, 7) is -0.0892. The topological polar surface area (TPSA) is 105 Å². The van der Waals surface area contributed by atoms with E-state index >= 15 is 0 Å². The Labute approximate surface area is 180 Å². The standard InChI is InChI=1S/C17H12ClF6N5O3/c18-8-5-7(1-2-11(8)32-17(22,23)24)12(29-13(30)10-6-26-15(31)28-10)9-3-4-25-14(27-9)16(19,20)21/h1-5,10,12H,6H2,(H,29,30)(H2,26,28,31)/t10-,12?/m0/s1. The highest BCUT2D eigenvalue weighted by molar-refractivity contribution is 6.32. The van der Waals surface area contributed by atoms with Gasteiger partial charge >= 0.3 is 18.6 Å². The maximum atomic E-state index is 13.0. The third kappa shape index (κ3) is 5.69. The number of nitrogens with one attached hydrogen (secondary N) is 3. The van der Waals surface area contributed by atoms with Gasteiger partial charge in [0.1, 0.15) is 11.8 Å². The van der Waals surface area contributed by atoms with Gasteiger partial charge in [-0.3, -0.25) is 4.79 Å². The molecular weight excluding hydrogens is 472 g/mol. The first-order valence-electron chi connectivity index (χ1n) is 8.63. The van der Waals surface area contributed by atoms with Crippen molar-refractivity contribution in [3.8, 4) is 5.75 Å². The number of rotatable bonds is 5. The predicted octanol–water partition coefficient (Wildman–Crippen LogP) is 2.93. The van der Waals surface area contributed by atoms with Crippen molar-refractivity contribution in [2.24, 2.45) is 0 Å². The molecule has 172 valence electrons. The van der Waals surface area contributed by atoms with Crippen LogP contribution >= 0.6 is 11.6 Å². The van der Waals surface area contributed by atoms with Crippen LogP contribution in [-0.4, -0.2) is 40.9 Å². The fourth-order valence-electron chi connectivity index (χ4n) is 2.76. The van der Waals surface area contributed by atoms with Crippen molar-refractivity contribution in [2.45, 2.75) is 24.6 Å². The van der Waals surface area contributed by atoms with Crippen LogP contribution in [0.1, 0.15) is 23.1 Å². The summed E-state index contributed by atoms with van der Waals surface area (Å²) in [5.41, 5.74) is -0.319. The number of benzene rings is 1. The quantitative estimate of drug-likeness (QED) is 0.567. The van der Waals surface area contributed by atoms with E-state index in [9.17, 15) is 35.9 Å². The molecule has 1 unspecified atom stereocenters. The van der Waals surface area contributed by atoms with Crippen LogP contribution in [0.4, 0.5) is 31.1 Å². The normalized spacial score (nSPS) is 17.3. The molecule has 32 heavy (non-hydrogen) atoms. The van der Waals surface area contributed by atoms with Crippen LogP contribution in [0.5, 0.6) is 5.75 Å². The molecule has 15 heteroatoms. The zero-order chi connectivity index (χ0) is 23.7. The Hall–Kier alpha value is -3.29. The molecule has 1 aliphatic heterocycles. The zero-order valence-electron chi connectivity index (χ0n) is 15.5. The second-order valence-electron chi connectivity index (χ2n) is 6.39. The molecule has 0 aliphatic carbocycles. The van der Waals surface area contributed by atoms with E-state index in [1.54, 1.807) is 0 Å². The fraction of sp³-hybridized carbons (Fsp3) is 0.294. The Bertz CT molecular complexity index is 1030. The third-order valence-corrected chi connectivity index (χ3v) is 4.41. The minimum absolute atomic E-state index is 0.00183. The van der Waals surface area contributed by atoms with Gasteiger partial charge in [-0.25, -0.2) is 14.8 Å². The van der Waals surface area contributed by atoms with Crippen molar-refractivity contribution in [3.05, 3.63) is 52.6 Å². The molecule has 1 saturated heterocycles. The van der Waals surface area contributed by atoms with E-state index in [1.807, 2.05) is 0 Å². The van der Waals surface area contributed by atoms with E-state index < -0.39 is 53.2 Å². The maximum Gasteiger partial charge on any atom is 0.573 e. The van der Waals surface area contributed by atoms with Crippen molar-refractivity contribution in [2.75, 3.05) is 6.54 Å². The Kier molecular flexibility index (Phi) is 6.34. The number of halogens is 7. The molecular formula is C17H12ClF6N5O3. The molecule has 2 aromatic rings. The van der Waals surface area contributed by atoms with Gasteiger partial charge in [0.15, 0.2) is 0 Å². The van der Waals surface area contributed by atoms with Crippen LogP contribution in [0.15, 0.2) is 30.5 Å². The van der Waals surface area contributed by atoms with Gasteiger partial charge in [-0.05, 0) is 23.8 Å². The lowest BCUT2D eigenvalue weighted by Crippen LogP contribution is -2.44. The average Bonchev–Trinajstić information content (AvgIpc) is 3.12. The van der Waals surface area contributed by atoms with Gasteiger partial charge in [-0.2, -0.15) is 13.2 Å². The monoisotopic (exact) mass is 483 g/mol. The zero-order valence-corrected chi connectivity index (χ0v) is 16.3. The molecule has 8 nitrogen and oxygen atoms in total. The number of carbonyl (C=O) groups is 2. The molecule has 3 N–H and O–H groups in total. The molecule has 0 spiro atoms. The number of carbonyl (C=O) groups excluding carboxylic acids is 2. The second kappa shape index (κ2) is 8.68. The van der Waals surface area contributed by atoms with Crippen molar-refractivity contribution in [3.63, 3.8) is 0 Å². The minimum Gasteiger partial charge on any atom is -0.404 e. The number of nitrogens with zero attached hydrogens (tertiary/aromatic N) is 2. The van der Waals surface area contributed by atoms with Crippen molar-refractivity contribution in [1.82, 2.24) is 25.9 Å². The molecule has 2 heterocycles. The van der Waals surface area contributed by atoms with E-state index in [1.165, 1.54) is 0 Å². The van der Waals surface area contributed by atoms with E-state index in [0.717, 1.165) is 30.5 Å². The lowest BCUT2D eigenvalue weighted by Gasteiger charge is -2.22. The Balaban J connectivity index is 1.98. The summed E-state index contributed by atoms with van der Waals surface area (Å²) in [7, 11) is 0. The Morgan fingerprint density at radius 2 is 1.94 bits per heavy atom. The van der Waals surface area contributed by atoms with Crippen molar-refractivity contribution < 1.29 is 40.7 Å². The molecule has 3 amide bonds. The molecule has 2 atom stereocenters. The summed E-state index contributed by atoms with van der Waals surface area (Å²) >= 11 is 5.84. The first-order valence-corrected chi connectivity index (χ1v) is 9.01. The lowest BCUT2D eigenvalue weighted by molar-refractivity contribution is -0.274. The highest BCUT2D eigenvalue weighted by Crippen LogP contribution is 2.34. The van der Waals surface area contributed by atoms with E-state index in [0.29, 0.717) is 0 Å². The van der Waals surface area contributed by atoms with Crippen molar-refractivity contribution in [1.29, 1.82) is 0 Å². The van der Waals surface area contributed by atoms with Crippen LogP contribution in [0, 0.1) is 0 Å². The van der Waals surface area contributed by atoms with Gasteiger partial charge in [-0.15, -0.1) is 13.2 Å². The average molecular weight is 484 g/mol. The molecule has 0 radical (unpaired) electrons. The molecule has 1 aromatic heterocycles. The highest BCUT2D eigenvalue weighted by atomic mass is 35.5. The number of aromatic nitrogens is 2. The minimum atomic E-state index is -5.03. The first kappa shape index (κ1) is 23.4. The van der Waals surface area contributed by atoms with Gasteiger partial charge in [-0.1, -0.05) is 17.7 Å². The summed E-state index contributed by atoms with van der Waals surface area (Å²) in [5, 5.41) is 6.54. The third-order valence-electron chi connectivity index (χ3n) is 4.12. The molecule has 3 rings (SSSR count). The lowest BCUT2D eigenvalue weighted by atomic mass is 10.0. The molecule has 1 fully saturated rings. The van der Waals surface area contributed by atoms with Crippen molar-refractivity contribution >= 4 is 23.5 Å². The summed E-state index contributed by atoms with van der Waals surface area (Å²) in [4.78, 5) is 30.4. The number of ether oxygens (including phenoxy) is 1. The van der Waals surface area contributed by atoms with Crippen LogP contribution < -0.4 is 20.7 Å².